The number of Topliss-reactive ketones (excluding diaryl/α,β-unsaturated/α-hetero) is 1. The minimum Gasteiger partial charge on any atom is -0.295 e. The zero-order valence-corrected chi connectivity index (χ0v) is 13.8. The standard InChI is InChI=1S/C17H13ClF5NO/c1-24(8-10-5-11(19)7-12(20)6-10)9-15(25)16-13(17(21,22)23)3-2-4-14(16)18/h2-7H,8-9H2,1H3. The molecule has 0 atom stereocenters. The predicted octanol–water partition coefficient (Wildman–Crippen LogP) is 4.95. The fourth-order valence-corrected chi connectivity index (χ4v) is 2.72. The Hall–Kier alpha value is -1.99. The van der Waals surface area contributed by atoms with Gasteiger partial charge < -0.3 is 0 Å². The topological polar surface area (TPSA) is 20.3 Å². The van der Waals surface area contributed by atoms with Crippen LogP contribution < -0.4 is 0 Å². The molecule has 0 unspecified atom stereocenters. The van der Waals surface area contributed by atoms with Crippen molar-refractivity contribution in [2.24, 2.45) is 0 Å². The molecule has 0 aromatic heterocycles. The molecule has 0 aliphatic heterocycles. The molecule has 2 aromatic carbocycles. The van der Waals surface area contributed by atoms with E-state index in [2.05, 4.69) is 0 Å². The Balaban J connectivity index is 2.19. The lowest BCUT2D eigenvalue weighted by Gasteiger charge is -2.18. The molecule has 0 radical (unpaired) electrons. The number of carbonyl (C=O) groups is 1. The van der Waals surface area contributed by atoms with Gasteiger partial charge in [0.2, 0.25) is 0 Å². The number of nitrogens with zero attached hydrogens (tertiary/aromatic N) is 1. The number of halogens is 6. The van der Waals surface area contributed by atoms with Gasteiger partial charge in [0.15, 0.2) is 5.78 Å². The summed E-state index contributed by atoms with van der Waals surface area (Å²) >= 11 is 5.78. The van der Waals surface area contributed by atoms with Crippen molar-refractivity contribution in [3.63, 3.8) is 0 Å². The SMILES string of the molecule is CN(CC(=O)c1c(Cl)cccc1C(F)(F)F)Cc1cc(F)cc(F)c1. The molecular formula is C17H13ClF5NO. The maximum absolute atomic E-state index is 13.2. The average molecular weight is 378 g/mol. The predicted molar refractivity (Wildman–Crippen MR) is 83.5 cm³/mol. The molecule has 0 aliphatic carbocycles. The van der Waals surface area contributed by atoms with Gasteiger partial charge >= 0.3 is 6.18 Å². The van der Waals surface area contributed by atoms with Crippen LogP contribution in [0.2, 0.25) is 5.02 Å². The summed E-state index contributed by atoms with van der Waals surface area (Å²) in [5.41, 5.74) is -1.48. The third-order valence-corrected chi connectivity index (χ3v) is 3.70. The van der Waals surface area contributed by atoms with Gasteiger partial charge in [0.05, 0.1) is 17.1 Å². The van der Waals surface area contributed by atoms with Crippen LogP contribution in [0.1, 0.15) is 21.5 Å². The lowest BCUT2D eigenvalue weighted by molar-refractivity contribution is -0.137. The van der Waals surface area contributed by atoms with E-state index in [4.69, 9.17) is 11.6 Å². The maximum Gasteiger partial charge on any atom is 0.417 e. The fraction of sp³-hybridized carbons (Fsp3) is 0.235. The van der Waals surface area contributed by atoms with Crippen LogP contribution in [-0.2, 0) is 12.7 Å². The van der Waals surface area contributed by atoms with Crippen molar-refractivity contribution in [3.05, 3.63) is 69.7 Å². The number of carbonyl (C=O) groups excluding carboxylic acids is 1. The van der Waals surface area contributed by atoms with Crippen LogP contribution in [0.4, 0.5) is 22.0 Å². The second-order valence-electron chi connectivity index (χ2n) is 5.53. The van der Waals surface area contributed by atoms with Gasteiger partial charge in [0.1, 0.15) is 11.6 Å². The number of likely N-dealkylation sites (N-methyl/N-ethyl adjacent to an activating group) is 1. The second-order valence-corrected chi connectivity index (χ2v) is 5.94. The summed E-state index contributed by atoms with van der Waals surface area (Å²) in [6, 6.07) is 5.96. The van der Waals surface area contributed by atoms with E-state index in [1.165, 1.54) is 18.0 Å². The van der Waals surface area contributed by atoms with Crippen molar-refractivity contribution in [1.29, 1.82) is 0 Å². The van der Waals surface area contributed by atoms with Crippen molar-refractivity contribution < 1.29 is 26.7 Å². The lowest BCUT2D eigenvalue weighted by Crippen LogP contribution is -2.27. The summed E-state index contributed by atoms with van der Waals surface area (Å²) < 4.78 is 65.5. The van der Waals surface area contributed by atoms with E-state index in [0.29, 0.717) is 6.07 Å². The summed E-state index contributed by atoms with van der Waals surface area (Å²) in [5, 5.41) is -0.301. The molecule has 0 N–H and O–H groups in total. The number of hydrogen-bond donors (Lipinski definition) is 0. The highest BCUT2D eigenvalue weighted by Crippen LogP contribution is 2.35. The molecule has 0 saturated heterocycles. The van der Waals surface area contributed by atoms with Gasteiger partial charge in [-0.2, -0.15) is 13.2 Å². The van der Waals surface area contributed by atoms with Gasteiger partial charge in [-0.1, -0.05) is 17.7 Å². The minimum absolute atomic E-state index is 0.0216. The molecule has 0 spiro atoms. The van der Waals surface area contributed by atoms with Crippen LogP contribution in [0.25, 0.3) is 0 Å². The van der Waals surface area contributed by atoms with Crippen molar-refractivity contribution in [2.75, 3.05) is 13.6 Å². The summed E-state index contributed by atoms with van der Waals surface area (Å²) in [4.78, 5) is 13.6. The lowest BCUT2D eigenvalue weighted by atomic mass is 10.0. The van der Waals surface area contributed by atoms with Crippen molar-refractivity contribution in [2.45, 2.75) is 12.7 Å². The van der Waals surface area contributed by atoms with Gasteiger partial charge in [-0.05, 0) is 36.9 Å². The summed E-state index contributed by atoms with van der Waals surface area (Å²) in [7, 11) is 1.45. The van der Waals surface area contributed by atoms with E-state index in [9.17, 15) is 26.7 Å². The number of ketones is 1. The number of alkyl halides is 3. The molecule has 0 aliphatic rings. The van der Waals surface area contributed by atoms with Crippen molar-refractivity contribution in [1.82, 2.24) is 4.90 Å². The van der Waals surface area contributed by atoms with Crippen LogP contribution >= 0.6 is 11.6 Å². The highest BCUT2D eigenvalue weighted by Gasteiger charge is 2.36. The van der Waals surface area contributed by atoms with Crippen LogP contribution in [0, 0.1) is 11.6 Å². The molecule has 0 amide bonds. The van der Waals surface area contributed by atoms with Crippen LogP contribution in [0.15, 0.2) is 36.4 Å². The van der Waals surface area contributed by atoms with E-state index in [1.54, 1.807) is 0 Å². The smallest absolute Gasteiger partial charge is 0.295 e. The van der Waals surface area contributed by atoms with Gasteiger partial charge in [-0.3, -0.25) is 9.69 Å². The normalized spacial score (nSPS) is 11.8. The van der Waals surface area contributed by atoms with Crippen LogP contribution in [-0.4, -0.2) is 24.3 Å². The third-order valence-electron chi connectivity index (χ3n) is 3.39. The molecule has 2 nitrogen and oxygen atoms in total. The third kappa shape index (κ3) is 4.99. The maximum atomic E-state index is 13.2. The molecular weight excluding hydrogens is 365 g/mol. The first kappa shape index (κ1) is 19.3. The number of benzene rings is 2. The molecule has 8 heteroatoms. The molecule has 0 bridgehead atoms. The van der Waals surface area contributed by atoms with Crippen LogP contribution in [0.5, 0.6) is 0 Å². The Bertz CT molecular complexity index is 771. The van der Waals surface area contributed by atoms with E-state index in [-0.39, 0.29) is 17.1 Å². The van der Waals surface area contributed by atoms with Crippen molar-refractivity contribution in [3.8, 4) is 0 Å². The first-order chi connectivity index (χ1) is 11.6. The largest absolute Gasteiger partial charge is 0.417 e. The number of rotatable bonds is 5. The summed E-state index contributed by atoms with van der Waals surface area (Å²) in [6.07, 6.45) is -4.72. The van der Waals surface area contributed by atoms with Gasteiger partial charge in [0, 0.05) is 18.2 Å². The molecule has 25 heavy (non-hydrogen) atoms. The second kappa shape index (κ2) is 7.49. The Morgan fingerprint density at radius 2 is 1.72 bits per heavy atom. The van der Waals surface area contributed by atoms with Gasteiger partial charge in [-0.15, -0.1) is 0 Å². The summed E-state index contributed by atoms with van der Waals surface area (Å²) in [5.74, 6) is -2.39. The number of hydrogen-bond acceptors (Lipinski definition) is 2. The zero-order valence-electron chi connectivity index (χ0n) is 13.0. The highest BCUT2D eigenvalue weighted by atomic mass is 35.5. The van der Waals surface area contributed by atoms with Crippen LogP contribution in [0.3, 0.4) is 0 Å². The first-order valence-electron chi connectivity index (χ1n) is 7.10. The molecule has 134 valence electrons. The minimum atomic E-state index is -4.72. The first-order valence-corrected chi connectivity index (χ1v) is 7.48. The Labute approximate surface area is 145 Å². The molecule has 0 heterocycles. The quantitative estimate of drug-likeness (QED) is 0.542. The van der Waals surface area contributed by atoms with E-state index in [0.717, 1.165) is 24.3 Å². The Kier molecular flexibility index (Phi) is 5.80. The summed E-state index contributed by atoms with van der Waals surface area (Å²) in [6.45, 7) is -0.419. The van der Waals surface area contributed by atoms with E-state index < -0.39 is 41.3 Å². The Morgan fingerprint density at radius 3 is 2.28 bits per heavy atom. The van der Waals surface area contributed by atoms with Gasteiger partial charge in [0.25, 0.3) is 0 Å². The zero-order chi connectivity index (χ0) is 18.8. The van der Waals surface area contributed by atoms with Crippen molar-refractivity contribution >= 4 is 17.4 Å². The monoisotopic (exact) mass is 377 g/mol. The molecule has 0 saturated carbocycles. The Morgan fingerprint density at radius 1 is 1.12 bits per heavy atom. The van der Waals surface area contributed by atoms with Gasteiger partial charge in [-0.25, -0.2) is 8.78 Å². The van der Waals surface area contributed by atoms with E-state index >= 15 is 0 Å². The average Bonchev–Trinajstić information content (AvgIpc) is 2.44. The molecule has 2 rings (SSSR count). The molecule has 2 aromatic rings. The highest BCUT2D eigenvalue weighted by molar-refractivity contribution is 6.34. The van der Waals surface area contributed by atoms with E-state index in [1.807, 2.05) is 0 Å². The fourth-order valence-electron chi connectivity index (χ4n) is 2.44. The molecule has 0 fully saturated rings.